The van der Waals surface area contributed by atoms with E-state index < -0.39 is 0 Å². The third kappa shape index (κ3) is 2.85. The van der Waals surface area contributed by atoms with Crippen molar-refractivity contribution >= 4 is 27.9 Å². The van der Waals surface area contributed by atoms with Crippen molar-refractivity contribution in [3.8, 4) is 0 Å². The number of hydrogen-bond donors (Lipinski definition) is 2. The molecule has 0 radical (unpaired) electrons. The average Bonchev–Trinajstić information content (AvgIpc) is 2.88. The number of pyridine rings is 2. The molecule has 23 heavy (non-hydrogen) atoms. The highest BCUT2D eigenvalue weighted by Crippen LogP contribution is 2.31. The fourth-order valence-electron chi connectivity index (χ4n) is 2.71. The number of nitrogen functional groups attached to an aromatic ring is 1. The van der Waals surface area contributed by atoms with Crippen LogP contribution >= 0.6 is 0 Å². The molecule has 1 unspecified atom stereocenters. The zero-order valence-corrected chi connectivity index (χ0v) is 13.5. The standard InChI is InChI=1S/C13H13N5O.C3H8O/c1-7-5-19-6-9-17-11-12(18(7)9)10-8(16-13(11)14)3-2-4-15-10;1-3(2)4/h2-4,7H,5-6H2,1H3,(H2,14,16);3-4H,1-2H3. The minimum Gasteiger partial charge on any atom is -0.394 e. The maximum atomic E-state index is 8.06. The Bertz CT molecular complexity index is 840. The lowest BCUT2D eigenvalue weighted by Gasteiger charge is -2.22. The molecule has 0 bridgehead atoms. The Morgan fingerprint density at radius 3 is 2.83 bits per heavy atom. The summed E-state index contributed by atoms with van der Waals surface area (Å²) >= 11 is 0. The Hall–Kier alpha value is -2.25. The van der Waals surface area contributed by atoms with Gasteiger partial charge >= 0.3 is 0 Å². The van der Waals surface area contributed by atoms with Gasteiger partial charge in [0.2, 0.25) is 0 Å². The molecule has 0 fully saturated rings. The van der Waals surface area contributed by atoms with Crippen LogP contribution in [0.15, 0.2) is 18.3 Å². The number of imidazole rings is 1. The summed E-state index contributed by atoms with van der Waals surface area (Å²) < 4.78 is 7.70. The van der Waals surface area contributed by atoms with Crippen LogP contribution in [0.1, 0.15) is 32.6 Å². The molecule has 0 saturated heterocycles. The van der Waals surface area contributed by atoms with Crippen LogP contribution in [0.4, 0.5) is 5.82 Å². The first-order valence-corrected chi connectivity index (χ1v) is 7.66. The van der Waals surface area contributed by atoms with E-state index in [0.717, 1.165) is 27.9 Å². The van der Waals surface area contributed by atoms with E-state index in [4.69, 9.17) is 15.6 Å². The summed E-state index contributed by atoms with van der Waals surface area (Å²) in [5.41, 5.74) is 9.36. The van der Waals surface area contributed by atoms with Crippen molar-refractivity contribution in [1.82, 2.24) is 19.5 Å². The quantitative estimate of drug-likeness (QED) is 0.658. The minimum absolute atomic E-state index is 0.167. The molecule has 7 nitrogen and oxygen atoms in total. The van der Waals surface area contributed by atoms with Crippen molar-refractivity contribution < 1.29 is 9.84 Å². The molecular formula is C16H21N5O2. The van der Waals surface area contributed by atoms with E-state index in [2.05, 4.69) is 26.4 Å². The summed E-state index contributed by atoms with van der Waals surface area (Å²) in [6.07, 6.45) is 1.60. The van der Waals surface area contributed by atoms with Gasteiger partial charge in [0, 0.05) is 12.3 Å². The number of hydrogen-bond acceptors (Lipinski definition) is 6. The first kappa shape index (κ1) is 15.6. The smallest absolute Gasteiger partial charge is 0.152 e. The predicted octanol–water partition coefficient (Wildman–Crippen LogP) is 2.04. The van der Waals surface area contributed by atoms with E-state index in [1.165, 1.54) is 0 Å². The van der Waals surface area contributed by atoms with E-state index in [0.29, 0.717) is 19.0 Å². The number of nitrogens with zero attached hydrogens (tertiary/aromatic N) is 4. The average molecular weight is 315 g/mol. The fourth-order valence-corrected chi connectivity index (χ4v) is 2.71. The molecule has 7 heteroatoms. The van der Waals surface area contributed by atoms with Gasteiger partial charge in [-0.15, -0.1) is 0 Å². The summed E-state index contributed by atoms with van der Waals surface area (Å²) in [7, 11) is 0. The Kier molecular flexibility index (Phi) is 4.14. The zero-order valence-electron chi connectivity index (χ0n) is 13.5. The second-order valence-electron chi connectivity index (χ2n) is 5.92. The highest BCUT2D eigenvalue weighted by atomic mass is 16.5. The van der Waals surface area contributed by atoms with Gasteiger partial charge in [-0.3, -0.25) is 4.98 Å². The lowest BCUT2D eigenvalue weighted by Crippen LogP contribution is -2.21. The second kappa shape index (κ2) is 6.10. The normalized spacial score (nSPS) is 17.2. The third-order valence-electron chi connectivity index (χ3n) is 3.51. The Morgan fingerprint density at radius 2 is 2.09 bits per heavy atom. The molecule has 0 aliphatic carbocycles. The molecular weight excluding hydrogens is 294 g/mol. The molecule has 1 aliphatic heterocycles. The van der Waals surface area contributed by atoms with Crippen LogP contribution in [-0.4, -0.2) is 37.3 Å². The predicted molar refractivity (Wildman–Crippen MR) is 89.0 cm³/mol. The molecule has 1 aliphatic rings. The van der Waals surface area contributed by atoms with Crippen LogP contribution in [0.25, 0.3) is 22.1 Å². The molecule has 0 amide bonds. The molecule has 122 valence electrons. The van der Waals surface area contributed by atoms with Gasteiger partial charge in [0.1, 0.15) is 29.0 Å². The third-order valence-corrected chi connectivity index (χ3v) is 3.51. The zero-order chi connectivity index (χ0) is 16.6. The van der Waals surface area contributed by atoms with Gasteiger partial charge in [0.25, 0.3) is 0 Å². The van der Waals surface area contributed by atoms with E-state index >= 15 is 0 Å². The van der Waals surface area contributed by atoms with Crippen LogP contribution in [0.2, 0.25) is 0 Å². The van der Waals surface area contributed by atoms with Crippen molar-refractivity contribution in [2.75, 3.05) is 12.3 Å². The topological polar surface area (TPSA) is 99.1 Å². The number of aliphatic hydroxyl groups is 1. The largest absolute Gasteiger partial charge is 0.394 e. The summed E-state index contributed by atoms with van der Waals surface area (Å²) in [6.45, 7) is 6.73. The summed E-state index contributed by atoms with van der Waals surface area (Å²) in [5.74, 6) is 1.34. The van der Waals surface area contributed by atoms with E-state index in [-0.39, 0.29) is 12.1 Å². The lowest BCUT2D eigenvalue weighted by atomic mass is 10.2. The van der Waals surface area contributed by atoms with Crippen molar-refractivity contribution in [3.63, 3.8) is 0 Å². The molecule has 3 aromatic rings. The van der Waals surface area contributed by atoms with Gasteiger partial charge < -0.3 is 20.1 Å². The van der Waals surface area contributed by atoms with Crippen molar-refractivity contribution in [1.29, 1.82) is 0 Å². The van der Waals surface area contributed by atoms with Gasteiger partial charge in [-0.1, -0.05) is 0 Å². The number of nitrogens with two attached hydrogens (primary N) is 1. The summed E-state index contributed by atoms with van der Waals surface area (Å²) in [6, 6.07) is 4.00. The number of anilines is 1. The van der Waals surface area contributed by atoms with Gasteiger partial charge in [-0.05, 0) is 32.9 Å². The molecule has 4 rings (SSSR count). The molecule has 1 atom stereocenters. The summed E-state index contributed by atoms with van der Waals surface area (Å²) in [5, 5.41) is 8.06. The number of ether oxygens (including phenoxy) is 1. The monoisotopic (exact) mass is 315 g/mol. The maximum Gasteiger partial charge on any atom is 0.152 e. The van der Waals surface area contributed by atoms with Crippen molar-refractivity contribution in [2.45, 2.75) is 39.5 Å². The Labute approximate surface area is 134 Å². The lowest BCUT2D eigenvalue weighted by molar-refractivity contribution is 0.0622. The molecule has 3 aromatic heterocycles. The first-order valence-electron chi connectivity index (χ1n) is 7.66. The van der Waals surface area contributed by atoms with E-state index in [9.17, 15) is 0 Å². The van der Waals surface area contributed by atoms with Crippen LogP contribution < -0.4 is 5.73 Å². The van der Waals surface area contributed by atoms with Gasteiger partial charge in [-0.25, -0.2) is 9.97 Å². The number of fused-ring (bicyclic) bond motifs is 5. The second-order valence-corrected chi connectivity index (χ2v) is 5.92. The van der Waals surface area contributed by atoms with Gasteiger partial charge in [0.15, 0.2) is 5.82 Å². The Balaban J connectivity index is 0.000000354. The van der Waals surface area contributed by atoms with Crippen LogP contribution in [0, 0.1) is 0 Å². The van der Waals surface area contributed by atoms with Crippen LogP contribution in [0.3, 0.4) is 0 Å². The fraction of sp³-hybridized carbons (Fsp3) is 0.438. The molecule has 0 spiro atoms. The van der Waals surface area contributed by atoms with Crippen LogP contribution in [0.5, 0.6) is 0 Å². The van der Waals surface area contributed by atoms with Crippen LogP contribution in [-0.2, 0) is 11.3 Å². The van der Waals surface area contributed by atoms with E-state index in [1.54, 1.807) is 20.0 Å². The molecule has 3 N–H and O–H groups in total. The molecule has 0 saturated carbocycles. The molecule has 0 aromatic carbocycles. The SMILES string of the molecule is CC(C)O.CC1COCc2nc3c(N)nc4cccnc4c3n21. The van der Waals surface area contributed by atoms with Gasteiger partial charge in [0.05, 0.1) is 18.2 Å². The first-order chi connectivity index (χ1) is 11.0. The van der Waals surface area contributed by atoms with Crippen molar-refractivity contribution in [2.24, 2.45) is 0 Å². The highest BCUT2D eigenvalue weighted by Gasteiger charge is 2.24. The van der Waals surface area contributed by atoms with E-state index in [1.807, 2.05) is 12.1 Å². The summed E-state index contributed by atoms with van der Waals surface area (Å²) in [4.78, 5) is 13.4. The molecule has 4 heterocycles. The van der Waals surface area contributed by atoms with Gasteiger partial charge in [-0.2, -0.15) is 0 Å². The number of aromatic nitrogens is 4. The Morgan fingerprint density at radius 1 is 1.35 bits per heavy atom. The highest BCUT2D eigenvalue weighted by molar-refractivity contribution is 6.04. The number of aliphatic hydroxyl groups excluding tert-OH is 1. The van der Waals surface area contributed by atoms with Crippen molar-refractivity contribution in [3.05, 3.63) is 24.2 Å². The number of rotatable bonds is 0. The minimum atomic E-state index is -0.167. The maximum absolute atomic E-state index is 8.06.